The molecule has 0 bridgehead atoms. The minimum Gasteiger partial charge on any atom is -0.485 e. The SMILES string of the molecule is Brc1c2c(c(Br)c3nonc13)OCCO2. The Morgan fingerprint density at radius 3 is 1.80 bits per heavy atom. The second-order valence-electron chi connectivity index (χ2n) is 2.94. The summed E-state index contributed by atoms with van der Waals surface area (Å²) in [6.07, 6.45) is 0. The van der Waals surface area contributed by atoms with Gasteiger partial charge in [-0.25, -0.2) is 4.63 Å². The summed E-state index contributed by atoms with van der Waals surface area (Å²) < 4.78 is 17.1. The molecule has 0 aliphatic carbocycles. The van der Waals surface area contributed by atoms with Crippen LogP contribution in [0.1, 0.15) is 0 Å². The molecule has 0 spiro atoms. The Balaban J connectivity index is 2.43. The van der Waals surface area contributed by atoms with Gasteiger partial charge in [0.05, 0.1) is 8.95 Å². The van der Waals surface area contributed by atoms with Crippen molar-refractivity contribution in [3.8, 4) is 11.5 Å². The first kappa shape index (κ1) is 9.41. The predicted octanol–water partition coefficient (Wildman–Crippen LogP) is 2.52. The third-order valence-electron chi connectivity index (χ3n) is 2.09. The first-order valence-electron chi connectivity index (χ1n) is 4.18. The molecular weight excluding hydrogens is 332 g/mol. The number of nitrogens with zero attached hydrogens (tertiary/aromatic N) is 2. The van der Waals surface area contributed by atoms with Gasteiger partial charge in [-0.3, -0.25) is 0 Å². The summed E-state index contributed by atoms with van der Waals surface area (Å²) in [6, 6.07) is 0. The van der Waals surface area contributed by atoms with Gasteiger partial charge in [-0.1, -0.05) is 0 Å². The molecule has 1 aliphatic heterocycles. The van der Waals surface area contributed by atoms with E-state index in [0.29, 0.717) is 44.7 Å². The van der Waals surface area contributed by atoms with Gasteiger partial charge in [-0.05, 0) is 42.2 Å². The smallest absolute Gasteiger partial charge is 0.179 e. The third kappa shape index (κ3) is 1.26. The highest BCUT2D eigenvalue weighted by Crippen LogP contribution is 2.47. The number of fused-ring (bicyclic) bond motifs is 2. The molecule has 0 radical (unpaired) electrons. The van der Waals surface area contributed by atoms with Crippen molar-refractivity contribution in [1.82, 2.24) is 10.3 Å². The van der Waals surface area contributed by atoms with E-state index in [1.54, 1.807) is 0 Å². The summed E-state index contributed by atoms with van der Waals surface area (Å²) in [7, 11) is 0. The van der Waals surface area contributed by atoms with Crippen molar-refractivity contribution in [2.24, 2.45) is 0 Å². The Morgan fingerprint density at radius 2 is 1.33 bits per heavy atom. The number of hydrogen-bond acceptors (Lipinski definition) is 5. The van der Waals surface area contributed by atoms with E-state index in [1.807, 2.05) is 0 Å². The van der Waals surface area contributed by atoms with Gasteiger partial charge in [0.2, 0.25) is 0 Å². The van der Waals surface area contributed by atoms with Crippen molar-refractivity contribution in [1.29, 1.82) is 0 Å². The van der Waals surface area contributed by atoms with Crippen LogP contribution < -0.4 is 9.47 Å². The molecule has 0 saturated heterocycles. The number of halogens is 2. The Labute approximate surface area is 101 Å². The van der Waals surface area contributed by atoms with E-state index in [2.05, 4.69) is 46.8 Å². The lowest BCUT2D eigenvalue weighted by molar-refractivity contribution is 0.170. The Bertz CT molecular complexity index is 494. The molecule has 0 saturated carbocycles. The molecule has 5 nitrogen and oxygen atoms in total. The van der Waals surface area contributed by atoms with Crippen molar-refractivity contribution in [2.45, 2.75) is 0 Å². The topological polar surface area (TPSA) is 57.4 Å². The first-order chi connectivity index (χ1) is 7.29. The van der Waals surface area contributed by atoms with E-state index in [0.717, 1.165) is 0 Å². The zero-order valence-electron chi connectivity index (χ0n) is 7.29. The van der Waals surface area contributed by atoms with Crippen LogP contribution in [0.3, 0.4) is 0 Å². The molecular formula is C8H4Br2N2O3. The van der Waals surface area contributed by atoms with Crippen LogP contribution in [0.5, 0.6) is 11.5 Å². The number of hydrogen-bond donors (Lipinski definition) is 0. The highest BCUT2D eigenvalue weighted by molar-refractivity contribution is 9.11. The Kier molecular flexibility index (Phi) is 2.10. The monoisotopic (exact) mass is 334 g/mol. The van der Waals surface area contributed by atoms with Crippen molar-refractivity contribution >= 4 is 42.9 Å². The summed E-state index contributed by atoms with van der Waals surface area (Å²) in [5.41, 5.74) is 1.23. The molecule has 15 heavy (non-hydrogen) atoms. The fraction of sp³-hybridized carbons (Fsp3) is 0.250. The first-order valence-corrected chi connectivity index (χ1v) is 5.76. The van der Waals surface area contributed by atoms with Gasteiger partial charge in [0, 0.05) is 0 Å². The van der Waals surface area contributed by atoms with E-state index in [9.17, 15) is 0 Å². The highest BCUT2D eigenvalue weighted by Gasteiger charge is 2.25. The molecule has 1 aliphatic rings. The zero-order chi connectivity index (χ0) is 10.4. The molecule has 0 amide bonds. The maximum atomic E-state index is 5.50. The van der Waals surface area contributed by atoms with E-state index in [4.69, 9.17) is 9.47 Å². The van der Waals surface area contributed by atoms with Crippen molar-refractivity contribution in [3.63, 3.8) is 0 Å². The normalized spacial score (nSPS) is 14.5. The Hall–Kier alpha value is -0.820. The largest absolute Gasteiger partial charge is 0.485 e. The lowest BCUT2D eigenvalue weighted by atomic mass is 10.2. The molecule has 0 atom stereocenters. The number of benzene rings is 1. The molecule has 0 N–H and O–H groups in total. The predicted molar refractivity (Wildman–Crippen MR) is 58.2 cm³/mol. The van der Waals surface area contributed by atoms with E-state index >= 15 is 0 Å². The molecule has 3 rings (SSSR count). The molecule has 2 heterocycles. The second kappa shape index (κ2) is 3.34. The van der Waals surface area contributed by atoms with Crippen LogP contribution >= 0.6 is 31.9 Å². The highest BCUT2D eigenvalue weighted by atomic mass is 79.9. The summed E-state index contributed by atoms with van der Waals surface area (Å²) in [6.45, 7) is 1.05. The quantitative estimate of drug-likeness (QED) is 0.740. The molecule has 7 heteroatoms. The third-order valence-corrected chi connectivity index (χ3v) is 3.56. The fourth-order valence-corrected chi connectivity index (χ4v) is 2.55. The maximum Gasteiger partial charge on any atom is 0.179 e. The lowest BCUT2D eigenvalue weighted by Gasteiger charge is -2.20. The minimum atomic E-state index is 0.523. The van der Waals surface area contributed by atoms with Crippen molar-refractivity contribution in [2.75, 3.05) is 13.2 Å². The molecule has 78 valence electrons. The average Bonchev–Trinajstić information content (AvgIpc) is 2.75. The van der Waals surface area contributed by atoms with Crippen LogP contribution in [0.4, 0.5) is 0 Å². The molecule has 2 aromatic rings. The van der Waals surface area contributed by atoms with Crippen molar-refractivity contribution in [3.05, 3.63) is 8.95 Å². The summed E-state index contributed by atoms with van der Waals surface area (Å²) in [5.74, 6) is 1.27. The number of rotatable bonds is 0. The summed E-state index contributed by atoms with van der Waals surface area (Å²) in [5, 5.41) is 7.58. The van der Waals surface area contributed by atoms with Gasteiger partial charge in [-0.2, -0.15) is 0 Å². The van der Waals surface area contributed by atoms with Crippen LogP contribution in [0.25, 0.3) is 11.0 Å². The number of aromatic nitrogens is 2. The van der Waals surface area contributed by atoms with Gasteiger partial charge in [0.1, 0.15) is 13.2 Å². The van der Waals surface area contributed by atoms with Gasteiger partial charge in [0.15, 0.2) is 22.5 Å². The van der Waals surface area contributed by atoms with Crippen LogP contribution in [0, 0.1) is 0 Å². The van der Waals surface area contributed by atoms with Crippen LogP contribution in [-0.2, 0) is 0 Å². The molecule has 1 aromatic carbocycles. The van der Waals surface area contributed by atoms with Gasteiger partial charge < -0.3 is 9.47 Å². The summed E-state index contributed by atoms with van der Waals surface area (Å²) in [4.78, 5) is 0. The Morgan fingerprint density at radius 1 is 0.867 bits per heavy atom. The minimum absolute atomic E-state index is 0.523. The van der Waals surface area contributed by atoms with E-state index < -0.39 is 0 Å². The molecule has 0 unspecified atom stereocenters. The van der Waals surface area contributed by atoms with E-state index in [-0.39, 0.29) is 0 Å². The van der Waals surface area contributed by atoms with Crippen LogP contribution in [0.15, 0.2) is 13.6 Å². The van der Waals surface area contributed by atoms with Gasteiger partial charge >= 0.3 is 0 Å². The average molecular weight is 336 g/mol. The summed E-state index contributed by atoms with van der Waals surface area (Å²) >= 11 is 6.79. The van der Waals surface area contributed by atoms with Crippen LogP contribution in [-0.4, -0.2) is 23.5 Å². The fourth-order valence-electron chi connectivity index (χ4n) is 1.44. The van der Waals surface area contributed by atoms with Crippen LogP contribution in [0.2, 0.25) is 0 Å². The van der Waals surface area contributed by atoms with Gasteiger partial charge in [-0.15, -0.1) is 0 Å². The number of ether oxygens (including phenoxy) is 2. The lowest BCUT2D eigenvalue weighted by Crippen LogP contribution is -2.16. The molecule has 0 fully saturated rings. The standard InChI is InChI=1S/C8H4Br2N2O3/c9-3-5-6(12-15-11-5)4(10)8-7(3)13-1-2-14-8/h1-2H2. The molecule has 1 aromatic heterocycles. The van der Waals surface area contributed by atoms with Crippen molar-refractivity contribution < 1.29 is 14.1 Å². The van der Waals surface area contributed by atoms with E-state index in [1.165, 1.54) is 0 Å². The second-order valence-corrected chi connectivity index (χ2v) is 4.53. The zero-order valence-corrected chi connectivity index (χ0v) is 10.5. The maximum absolute atomic E-state index is 5.50. The van der Waals surface area contributed by atoms with Gasteiger partial charge in [0.25, 0.3) is 0 Å².